The van der Waals surface area contributed by atoms with Crippen molar-refractivity contribution in [3.8, 4) is 33.4 Å². The predicted octanol–water partition coefficient (Wildman–Crippen LogP) is 14.2. The lowest BCUT2D eigenvalue weighted by molar-refractivity contribution is 0.0620. The number of rotatable bonds is 1. The molecular weight excluding hydrogens is 675 g/mol. The van der Waals surface area contributed by atoms with Gasteiger partial charge in [-0.2, -0.15) is 0 Å². The van der Waals surface area contributed by atoms with Crippen LogP contribution in [0.2, 0.25) is 0 Å². The zero-order chi connectivity index (χ0) is 38.3. The van der Waals surface area contributed by atoms with Gasteiger partial charge in [0.2, 0.25) is 0 Å². The maximum atomic E-state index is 2.70. The standard InChI is InChI=1S/C55H49N/c1-51(2)41-21-13-9-20-36(41)38-28-39-40-29-47-48(53(5,6)54(7,8)52(47,3)4)31-50(40)56(49(39)30-45(38)51)32-25-26-37-35-19-12-16-24-44(35)55(46(37)27-32)42-22-14-10-17-33(42)34-18-11-15-23-43(34)55/h9-28,30-31,40H,29H2,1-8H3. The maximum Gasteiger partial charge on any atom is 0.0726 e. The van der Waals surface area contributed by atoms with Crippen molar-refractivity contribution in [3.05, 3.63) is 189 Å². The van der Waals surface area contributed by atoms with Crippen LogP contribution in [0.1, 0.15) is 107 Å². The Kier molecular flexibility index (Phi) is 5.93. The minimum absolute atomic E-state index is 0.0356. The summed E-state index contributed by atoms with van der Waals surface area (Å²) in [6.07, 6.45) is 3.72. The summed E-state index contributed by atoms with van der Waals surface area (Å²) >= 11 is 0. The van der Waals surface area contributed by atoms with E-state index in [9.17, 15) is 0 Å². The number of allylic oxidation sites excluding steroid dienone is 4. The molecule has 0 radical (unpaired) electrons. The monoisotopic (exact) mass is 723 g/mol. The highest BCUT2D eigenvalue weighted by atomic mass is 15.2. The van der Waals surface area contributed by atoms with Crippen molar-refractivity contribution in [2.24, 2.45) is 16.2 Å². The SMILES string of the molecule is CC1(C)c2ccccc2-c2cc3c(cc21)N(c1ccc2c(c1)C1(c4ccccc4-c4ccccc41)c1ccccc1-2)C1=CC2=C(CC13)C(C)(C)C(C)(C)C2(C)C. The molecule has 1 nitrogen and oxygen atoms in total. The summed E-state index contributed by atoms with van der Waals surface area (Å²) < 4.78 is 0. The quantitative estimate of drug-likeness (QED) is 0.163. The van der Waals surface area contributed by atoms with Gasteiger partial charge in [0.05, 0.1) is 11.1 Å². The van der Waals surface area contributed by atoms with Gasteiger partial charge in [-0.1, -0.05) is 164 Å². The van der Waals surface area contributed by atoms with Gasteiger partial charge in [-0.3, -0.25) is 0 Å². The Morgan fingerprint density at radius 3 is 1.59 bits per heavy atom. The van der Waals surface area contributed by atoms with Crippen LogP contribution in [-0.4, -0.2) is 0 Å². The van der Waals surface area contributed by atoms with Crippen molar-refractivity contribution in [1.29, 1.82) is 0 Å². The molecule has 12 rings (SSSR count). The van der Waals surface area contributed by atoms with E-state index >= 15 is 0 Å². The Balaban J connectivity index is 1.14. The van der Waals surface area contributed by atoms with E-state index < -0.39 is 0 Å². The Bertz CT molecular complexity index is 2790. The van der Waals surface area contributed by atoms with Crippen molar-refractivity contribution in [2.45, 2.75) is 78.6 Å². The molecule has 1 heterocycles. The van der Waals surface area contributed by atoms with E-state index in [1.165, 1.54) is 89.4 Å². The molecule has 274 valence electrons. The average molecular weight is 724 g/mol. The summed E-state index contributed by atoms with van der Waals surface area (Å²) in [5.41, 5.74) is 25.2. The summed E-state index contributed by atoms with van der Waals surface area (Å²) in [6, 6.07) is 49.3. The molecule has 1 heteroatoms. The third-order valence-corrected chi connectivity index (χ3v) is 16.8. The fourth-order valence-electron chi connectivity index (χ4n) is 12.8. The topological polar surface area (TPSA) is 3.24 Å². The number of nitrogens with zero attached hydrogens (tertiary/aromatic N) is 1. The lowest BCUT2D eigenvalue weighted by Gasteiger charge is -2.46. The molecule has 0 bridgehead atoms. The number of benzene rings is 6. The van der Waals surface area contributed by atoms with Crippen molar-refractivity contribution >= 4 is 11.4 Å². The minimum atomic E-state index is -0.378. The highest BCUT2D eigenvalue weighted by Gasteiger charge is 2.60. The Labute approximate surface area is 332 Å². The molecule has 0 fully saturated rings. The second-order valence-corrected chi connectivity index (χ2v) is 19.7. The molecule has 1 spiro atoms. The normalized spacial score (nSPS) is 22.0. The molecule has 0 aromatic heterocycles. The van der Waals surface area contributed by atoms with Crippen LogP contribution in [-0.2, 0) is 10.8 Å². The minimum Gasteiger partial charge on any atom is -0.313 e. The van der Waals surface area contributed by atoms with E-state index in [4.69, 9.17) is 0 Å². The van der Waals surface area contributed by atoms with Gasteiger partial charge >= 0.3 is 0 Å². The lowest BCUT2D eigenvalue weighted by Crippen LogP contribution is -2.39. The highest BCUT2D eigenvalue weighted by molar-refractivity contribution is 5.97. The maximum absolute atomic E-state index is 2.70. The Morgan fingerprint density at radius 1 is 0.482 bits per heavy atom. The lowest BCUT2D eigenvalue weighted by atomic mass is 9.58. The van der Waals surface area contributed by atoms with Crippen LogP contribution >= 0.6 is 0 Å². The molecule has 0 N–H and O–H groups in total. The van der Waals surface area contributed by atoms with Gasteiger partial charge in [0, 0.05) is 22.7 Å². The first-order chi connectivity index (χ1) is 26.8. The van der Waals surface area contributed by atoms with Crippen molar-refractivity contribution < 1.29 is 0 Å². The van der Waals surface area contributed by atoms with Gasteiger partial charge in [-0.05, 0) is 131 Å². The van der Waals surface area contributed by atoms with Crippen LogP contribution < -0.4 is 4.90 Å². The number of hydrogen-bond acceptors (Lipinski definition) is 1. The fourth-order valence-corrected chi connectivity index (χ4v) is 12.8. The molecule has 1 atom stereocenters. The van der Waals surface area contributed by atoms with Gasteiger partial charge in [-0.25, -0.2) is 0 Å². The molecule has 5 aliphatic carbocycles. The molecule has 1 unspecified atom stereocenters. The van der Waals surface area contributed by atoms with Crippen molar-refractivity contribution in [2.75, 3.05) is 4.90 Å². The van der Waals surface area contributed by atoms with E-state index in [0.717, 1.165) is 6.42 Å². The number of fused-ring (bicyclic) bond motifs is 16. The second kappa shape index (κ2) is 10.1. The van der Waals surface area contributed by atoms with E-state index in [1.54, 1.807) is 11.1 Å². The summed E-state index contributed by atoms with van der Waals surface area (Å²) in [6.45, 7) is 19.9. The highest BCUT2D eigenvalue weighted by Crippen LogP contribution is 2.70. The molecule has 1 aliphatic heterocycles. The summed E-state index contributed by atoms with van der Waals surface area (Å²) in [5.74, 6) is 0.293. The van der Waals surface area contributed by atoms with Gasteiger partial charge in [0.25, 0.3) is 0 Å². The van der Waals surface area contributed by atoms with Gasteiger partial charge in [0.1, 0.15) is 0 Å². The molecule has 6 aromatic rings. The first kappa shape index (κ1) is 32.8. The van der Waals surface area contributed by atoms with Gasteiger partial charge in [0.15, 0.2) is 0 Å². The fraction of sp³-hybridized carbons (Fsp3) is 0.273. The van der Waals surface area contributed by atoms with Crippen LogP contribution in [0.3, 0.4) is 0 Å². The van der Waals surface area contributed by atoms with Crippen LogP contribution in [0.4, 0.5) is 11.4 Å². The molecule has 0 saturated carbocycles. The van der Waals surface area contributed by atoms with E-state index in [2.05, 4.69) is 194 Å². The van der Waals surface area contributed by atoms with Crippen LogP contribution in [0.25, 0.3) is 33.4 Å². The smallest absolute Gasteiger partial charge is 0.0726 e. The summed E-state index contributed by atoms with van der Waals surface area (Å²) in [4.78, 5) is 2.70. The number of hydrogen-bond donors (Lipinski definition) is 0. The molecule has 6 aliphatic rings. The molecular formula is C55H49N. The van der Waals surface area contributed by atoms with Crippen molar-refractivity contribution in [1.82, 2.24) is 0 Å². The number of anilines is 2. The molecule has 0 saturated heterocycles. The van der Waals surface area contributed by atoms with Gasteiger partial charge in [-0.15, -0.1) is 0 Å². The Hall–Kier alpha value is -5.40. The molecule has 6 aromatic carbocycles. The zero-order valence-corrected chi connectivity index (χ0v) is 33.9. The molecule has 56 heavy (non-hydrogen) atoms. The first-order valence-corrected chi connectivity index (χ1v) is 20.8. The third kappa shape index (κ3) is 3.49. The van der Waals surface area contributed by atoms with Crippen LogP contribution in [0, 0.1) is 16.2 Å². The van der Waals surface area contributed by atoms with Crippen LogP contribution in [0.15, 0.2) is 150 Å². The van der Waals surface area contributed by atoms with Gasteiger partial charge < -0.3 is 4.90 Å². The first-order valence-electron chi connectivity index (χ1n) is 20.8. The average Bonchev–Trinajstić information content (AvgIpc) is 3.88. The van der Waals surface area contributed by atoms with E-state index in [-0.39, 0.29) is 27.1 Å². The summed E-state index contributed by atoms with van der Waals surface area (Å²) in [7, 11) is 0. The predicted molar refractivity (Wildman–Crippen MR) is 233 cm³/mol. The molecule has 0 amide bonds. The van der Waals surface area contributed by atoms with Crippen LogP contribution in [0.5, 0.6) is 0 Å². The summed E-state index contributed by atoms with van der Waals surface area (Å²) in [5, 5.41) is 0. The van der Waals surface area contributed by atoms with E-state index in [1.807, 2.05) is 0 Å². The largest absolute Gasteiger partial charge is 0.313 e. The van der Waals surface area contributed by atoms with E-state index in [0.29, 0.717) is 5.92 Å². The van der Waals surface area contributed by atoms with Crippen molar-refractivity contribution in [3.63, 3.8) is 0 Å². The Morgan fingerprint density at radius 2 is 1.00 bits per heavy atom. The zero-order valence-electron chi connectivity index (χ0n) is 33.9. The second-order valence-electron chi connectivity index (χ2n) is 19.7. The third-order valence-electron chi connectivity index (χ3n) is 16.8.